The lowest BCUT2D eigenvalue weighted by atomic mass is 10.1. The average Bonchev–Trinajstić information content (AvgIpc) is 2.93. The first-order valence-corrected chi connectivity index (χ1v) is 9.27. The summed E-state index contributed by atoms with van der Waals surface area (Å²) in [7, 11) is -4.52. The summed E-state index contributed by atoms with van der Waals surface area (Å²) in [5.74, 6) is -2.54. The van der Waals surface area contributed by atoms with Crippen LogP contribution in [0.1, 0.15) is 17.0 Å². The molecule has 1 aliphatic rings. The number of benzene rings is 1. The van der Waals surface area contributed by atoms with Crippen molar-refractivity contribution in [3.05, 3.63) is 46.8 Å². The third-order valence-electron chi connectivity index (χ3n) is 3.97. The Balaban J connectivity index is 1.79. The van der Waals surface area contributed by atoms with Gasteiger partial charge in [-0.15, -0.1) is 0 Å². The quantitative estimate of drug-likeness (QED) is 0.766. The van der Waals surface area contributed by atoms with Crippen LogP contribution in [0.2, 0.25) is 0 Å². The largest absolute Gasteiger partial charge is 0.435 e. The van der Waals surface area contributed by atoms with E-state index in [1.165, 1.54) is 0 Å². The summed E-state index contributed by atoms with van der Waals surface area (Å²) in [4.78, 5) is -1.14. The van der Waals surface area contributed by atoms with Gasteiger partial charge in [-0.25, -0.2) is 21.9 Å². The number of ether oxygens (including phenoxy) is 1. The van der Waals surface area contributed by atoms with Gasteiger partial charge in [0.1, 0.15) is 11.6 Å². The lowest BCUT2D eigenvalue weighted by Crippen LogP contribution is -2.30. The van der Waals surface area contributed by atoms with Crippen LogP contribution in [0.25, 0.3) is 0 Å². The number of nitrogens with one attached hydrogen (secondary N) is 1. The van der Waals surface area contributed by atoms with E-state index in [0.29, 0.717) is 5.69 Å². The minimum atomic E-state index is -4.67. The molecule has 0 fully saturated rings. The zero-order chi connectivity index (χ0) is 19.8. The molecule has 1 aliphatic heterocycles. The molecule has 148 valence electrons. The van der Waals surface area contributed by atoms with Crippen molar-refractivity contribution < 1.29 is 35.1 Å². The number of halogens is 5. The fraction of sp³-hybridized carbons (Fsp3) is 0.400. The molecular formula is C15H14F5N3O3S. The van der Waals surface area contributed by atoms with E-state index in [2.05, 4.69) is 5.10 Å². The first-order valence-electron chi connectivity index (χ1n) is 7.78. The maximum Gasteiger partial charge on any atom is 0.435 e. The van der Waals surface area contributed by atoms with E-state index < -0.39 is 45.0 Å². The molecule has 0 spiro atoms. The van der Waals surface area contributed by atoms with Crippen molar-refractivity contribution in [2.75, 3.05) is 13.2 Å². The molecule has 6 nitrogen and oxygen atoms in total. The van der Waals surface area contributed by atoms with Gasteiger partial charge < -0.3 is 4.74 Å². The minimum absolute atomic E-state index is 0.0863. The number of aromatic nitrogens is 2. The highest BCUT2D eigenvalue weighted by molar-refractivity contribution is 7.89. The van der Waals surface area contributed by atoms with E-state index in [1.54, 1.807) is 0 Å². The number of hydrogen-bond acceptors (Lipinski definition) is 4. The molecular weight excluding hydrogens is 397 g/mol. The highest BCUT2D eigenvalue weighted by Gasteiger charge is 2.39. The summed E-state index contributed by atoms with van der Waals surface area (Å²) >= 11 is 0. The third kappa shape index (κ3) is 3.96. The fourth-order valence-corrected chi connectivity index (χ4v) is 3.97. The minimum Gasteiger partial charge on any atom is -0.376 e. The zero-order valence-corrected chi connectivity index (χ0v) is 14.5. The molecule has 3 rings (SSSR count). The second-order valence-electron chi connectivity index (χ2n) is 5.75. The van der Waals surface area contributed by atoms with Gasteiger partial charge in [0.05, 0.1) is 19.8 Å². The van der Waals surface area contributed by atoms with E-state index in [4.69, 9.17) is 4.74 Å². The molecule has 27 heavy (non-hydrogen) atoms. The van der Waals surface area contributed by atoms with Gasteiger partial charge in [0.2, 0.25) is 10.0 Å². The highest BCUT2D eigenvalue weighted by Crippen LogP contribution is 2.34. The van der Waals surface area contributed by atoms with Gasteiger partial charge in [-0.1, -0.05) is 6.07 Å². The normalized spacial score (nSPS) is 15.0. The Morgan fingerprint density at radius 3 is 2.52 bits per heavy atom. The summed E-state index contributed by atoms with van der Waals surface area (Å²) in [5, 5.41) is 3.52. The van der Waals surface area contributed by atoms with Crippen LogP contribution in [0, 0.1) is 11.6 Å². The van der Waals surface area contributed by atoms with Crippen LogP contribution in [0.3, 0.4) is 0 Å². The molecule has 0 unspecified atom stereocenters. The number of hydrogen-bond donors (Lipinski definition) is 1. The molecule has 2 heterocycles. The van der Waals surface area contributed by atoms with Gasteiger partial charge in [0, 0.05) is 24.2 Å². The Kier molecular flexibility index (Phi) is 5.23. The molecule has 1 aromatic heterocycles. The van der Waals surface area contributed by atoms with Crippen molar-refractivity contribution in [2.45, 2.75) is 30.6 Å². The van der Waals surface area contributed by atoms with Crippen molar-refractivity contribution in [3.63, 3.8) is 0 Å². The molecule has 0 amide bonds. The van der Waals surface area contributed by atoms with Crippen LogP contribution < -0.4 is 4.72 Å². The predicted molar refractivity (Wildman–Crippen MR) is 82.1 cm³/mol. The van der Waals surface area contributed by atoms with Crippen molar-refractivity contribution in [1.29, 1.82) is 0 Å². The molecule has 0 radical (unpaired) electrons. The van der Waals surface area contributed by atoms with Gasteiger partial charge >= 0.3 is 6.18 Å². The highest BCUT2D eigenvalue weighted by atomic mass is 32.2. The molecule has 0 saturated heterocycles. The van der Waals surface area contributed by atoms with Crippen LogP contribution in [-0.4, -0.2) is 31.3 Å². The molecule has 12 heteroatoms. The van der Waals surface area contributed by atoms with Crippen molar-refractivity contribution in [2.24, 2.45) is 0 Å². The Labute approximate surface area is 151 Å². The van der Waals surface area contributed by atoms with Gasteiger partial charge in [0.15, 0.2) is 10.6 Å². The van der Waals surface area contributed by atoms with Crippen LogP contribution in [-0.2, 0) is 40.5 Å². The van der Waals surface area contributed by atoms with E-state index >= 15 is 0 Å². The Bertz CT molecular complexity index is 936. The number of alkyl halides is 3. The summed E-state index contributed by atoms with van der Waals surface area (Å²) in [6.45, 7) is -0.672. The Morgan fingerprint density at radius 2 is 1.89 bits per heavy atom. The predicted octanol–water partition coefficient (Wildman–Crippen LogP) is 2.23. The number of nitrogens with zero attached hydrogens (tertiary/aromatic N) is 2. The average molecular weight is 411 g/mol. The van der Waals surface area contributed by atoms with E-state index in [9.17, 15) is 30.4 Å². The first kappa shape index (κ1) is 19.7. The third-order valence-corrected chi connectivity index (χ3v) is 5.48. The number of rotatable bonds is 5. The molecule has 0 aliphatic carbocycles. The van der Waals surface area contributed by atoms with Crippen LogP contribution in [0.15, 0.2) is 23.1 Å². The molecule has 2 aromatic rings. The monoisotopic (exact) mass is 411 g/mol. The van der Waals surface area contributed by atoms with Gasteiger partial charge in [-0.05, 0) is 12.1 Å². The Morgan fingerprint density at radius 1 is 1.22 bits per heavy atom. The van der Waals surface area contributed by atoms with Crippen molar-refractivity contribution >= 4 is 10.0 Å². The first-order chi connectivity index (χ1) is 12.6. The van der Waals surface area contributed by atoms with Crippen LogP contribution in [0.4, 0.5) is 22.0 Å². The topological polar surface area (TPSA) is 73.2 Å². The fourth-order valence-electron chi connectivity index (χ4n) is 2.82. The lowest BCUT2D eigenvalue weighted by molar-refractivity contribution is -0.142. The molecule has 0 atom stereocenters. The summed E-state index contributed by atoms with van der Waals surface area (Å²) in [6, 6.07) is 2.59. The molecule has 1 N–H and O–H groups in total. The van der Waals surface area contributed by atoms with E-state index in [-0.39, 0.29) is 31.7 Å². The smallest absolute Gasteiger partial charge is 0.376 e. The van der Waals surface area contributed by atoms with E-state index in [0.717, 1.165) is 22.9 Å². The van der Waals surface area contributed by atoms with Crippen LogP contribution in [0.5, 0.6) is 0 Å². The van der Waals surface area contributed by atoms with Crippen molar-refractivity contribution in [1.82, 2.24) is 14.5 Å². The maximum atomic E-state index is 13.6. The second-order valence-corrected chi connectivity index (χ2v) is 7.45. The molecule has 0 saturated carbocycles. The lowest BCUT2D eigenvalue weighted by Gasteiger charge is -2.15. The maximum absolute atomic E-state index is 13.6. The molecule has 0 bridgehead atoms. The molecule has 1 aromatic carbocycles. The summed E-state index contributed by atoms with van der Waals surface area (Å²) < 4.78 is 98.8. The van der Waals surface area contributed by atoms with E-state index in [1.807, 2.05) is 4.72 Å². The SMILES string of the molecule is O=S(=O)(NCCn1nc(C(F)(F)F)c2c1CCOC2)c1c(F)cccc1F. The van der Waals surface area contributed by atoms with Crippen LogP contribution >= 0.6 is 0 Å². The zero-order valence-electron chi connectivity index (χ0n) is 13.7. The Hall–Kier alpha value is -2.05. The number of fused-ring (bicyclic) bond motifs is 1. The standard InChI is InChI=1S/C15H14F5N3O3S/c16-10-2-1-3-11(17)13(10)27(24,25)21-5-6-23-12-4-7-26-8-9(12)14(22-23)15(18,19)20/h1-3,21H,4-8H2. The summed E-state index contributed by atoms with van der Waals surface area (Å²) in [6.07, 6.45) is -4.49. The van der Waals surface area contributed by atoms with Crippen molar-refractivity contribution in [3.8, 4) is 0 Å². The van der Waals surface area contributed by atoms with Gasteiger partial charge in [0.25, 0.3) is 0 Å². The summed E-state index contributed by atoms with van der Waals surface area (Å²) in [5.41, 5.74) is -0.873. The number of sulfonamides is 1. The second kappa shape index (κ2) is 7.17. The van der Waals surface area contributed by atoms with Gasteiger partial charge in [-0.2, -0.15) is 18.3 Å². The van der Waals surface area contributed by atoms with Gasteiger partial charge in [-0.3, -0.25) is 4.68 Å².